The fraction of sp³-hybridized carbons (Fsp3) is 0.222. The first kappa shape index (κ1) is 21.3. The molecule has 30 heavy (non-hydrogen) atoms. The molecule has 0 aliphatic rings. The molecule has 0 amide bonds. The summed E-state index contributed by atoms with van der Waals surface area (Å²) in [7, 11) is 0. The molecule has 158 valence electrons. The van der Waals surface area contributed by atoms with Gasteiger partial charge in [-0.3, -0.25) is 9.59 Å². The summed E-state index contributed by atoms with van der Waals surface area (Å²) < 4.78 is 81.3. The summed E-state index contributed by atoms with van der Waals surface area (Å²) in [5.74, 6) is -2.69. The topological polar surface area (TPSA) is 69.8 Å². The highest BCUT2D eigenvalue weighted by molar-refractivity contribution is 6.02. The van der Waals surface area contributed by atoms with Crippen molar-refractivity contribution in [3.63, 3.8) is 0 Å². The lowest BCUT2D eigenvalue weighted by molar-refractivity contribution is -0.155. The van der Waals surface area contributed by atoms with Crippen molar-refractivity contribution in [1.82, 2.24) is 19.1 Å². The van der Waals surface area contributed by atoms with Crippen molar-refractivity contribution >= 4 is 11.6 Å². The van der Waals surface area contributed by atoms with Crippen molar-refractivity contribution in [2.24, 2.45) is 0 Å². The van der Waals surface area contributed by atoms with Crippen molar-refractivity contribution < 1.29 is 35.9 Å². The predicted molar refractivity (Wildman–Crippen MR) is 89.7 cm³/mol. The van der Waals surface area contributed by atoms with Crippen LogP contribution in [0.5, 0.6) is 0 Å². The van der Waals surface area contributed by atoms with Crippen molar-refractivity contribution in [3.05, 3.63) is 72.8 Å². The summed E-state index contributed by atoms with van der Waals surface area (Å²) in [4.78, 5) is 31.8. The summed E-state index contributed by atoms with van der Waals surface area (Å²) in [5, 5.41) is 0. The summed E-state index contributed by atoms with van der Waals surface area (Å²) in [5.41, 5.74) is -0.845. The zero-order valence-corrected chi connectivity index (χ0v) is 14.8. The van der Waals surface area contributed by atoms with E-state index in [1.165, 1.54) is 0 Å². The Hall–Kier alpha value is -3.44. The lowest BCUT2D eigenvalue weighted by atomic mass is 9.98. The average molecular weight is 430 g/mol. The number of carbonyl (C=O) groups is 2. The van der Waals surface area contributed by atoms with Gasteiger partial charge in [-0.25, -0.2) is 9.97 Å². The van der Waals surface area contributed by atoms with Crippen LogP contribution in [0.3, 0.4) is 0 Å². The highest BCUT2D eigenvalue weighted by Gasteiger charge is 2.47. The molecular formula is C18H12F6N4O2. The van der Waals surface area contributed by atoms with Crippen LogP contribution in [-0.4, -0.2) is 43.0 Å². The van der Waals surface area contributed by atoms with E-state index in [2.05, 4.69) is 9.97 Å². The van der Waals surface area contributed by atoms with E-state index in [1.807, 2.05) is 0 Å². The second kappa shape index (κ2) is 7.76. The Morgan fingerprint density at radius 1 is 0.700 bits per heavy atom. The van der Waals surface area contributed by atoms with Crippen LogP contribution in [-0.2, 0) is 0 Å². The summed E-state index contributed by atoms with van der Waals surface area (Å²) in [6.45, 7) is 0. The minimum atomic E-state index is -4.94. The van der Waals surface area contributed by atoms with Gasteiger partial charge < -0.3 is 9.13 Å². The Labute approximate surface area is 164 Å². The van der Waals surface area contributed by atoms with Crippen molar-refractivity contribution in [3.8, 4) is 0 Å². The highest BCUT2D eigenvalue weighted by atomic mass is 19.4. The van der Waals surface area contributed by atoms with Crippen LogP contribution in [0.2, 0.25) is 0 Å². The molecule has 6 nitrogen and oxygen atoms in total. The average Bonchev–Trinajstić information content (AvgIpc) is 3.34. The van der Waals surface area contributed by atoms with Gasteiger partial charge in [0, 0.05) is 35.9 Å². The van der Waals surface area contributed by atoms with Gasteiger partial charge in [0.15, 0.2) is 23.7 Å². The first-order valence-electron chi connectivity index (χ1n) is 8.27. The Morgan fingerprint density at radius 2 is 1.03 bits per heavy atom. The molecule has 2 atom stereocenters. The highest BCUT2D eigenvalue weighted by Crippen LogP contribution is 2.35. The van der Waals surface area contributed by atoms with E-state index in [1.54, 1.807) is 0 Å². The number of ketones is 2. The molecule has 0 radical (unpaired) electrons. The Morgan fingerprint density at radius 3 is 1.27 bits per heavy atom. The van der Waals surface area contributed by atoms with E-state index in [0.29, 0.717) is 9.13 Å². The van der Waals surface area contributed by atoms with Crippen LogP contribution in [0.4, 0.5) is 26.3 Å². The number of benzene rings is 1. The molecule has 12 heteroatoms. The number of alkyl halides is 6. The maximum atomic E-state index is 13.4. The number of hydrogen-bond acceptors (Lipinski definition) is 4. The Balaban J connectivity index is 1.90. The van der Waals surface area contributed by atoms with Gasteiger partial charge >= 0.3 is 12.4 Å². The summed E-state index contributed by atoms with van der Waals surface area (Å²) in [6.07, 6.45) is -4.15. The van der Waals surface area contributed by atoms with Crippen molar-refractivity contribution in [1.29, 1.82) is 0 Å². The predicted octanol–water partition coefficient (Wildman–Crippen LogP) is 4.05. The third-order valence-corrected chi connectivity index (χ3v) is 4.22. The first-order valence-corrected chi connectivity index (χ1v) is 8.27. The number of carbonyl (C=O) groups excluding carboxylic acids is 2. The fourth-order valence-electron chi connectivity index (χ4n) is 2.86. The molecule has 2 heterocycles. The molecule has 0 bridgehead atoms. The fourth-order valence-corrected chi connectivity index (χ4v) is 2.86. The van der Waals surface area contributed by atoms with Crippen LogP contribution in [0.1, 0.15) is 32.8 Å². The van der Waals surface area contributed by atoms with E-state index in [4.69, 9.17) is 0 Å². The molecule has 2 unspecified atom stereocenters. The molecule has 3 rings (SSSR count). The molecule has 3 aromatic rings. The van der Waals surface area contributed by atoms with E-state index in [0.717, 1.165) is 61.7 Å². The molecular weight excluding hydrogens is 418 g/mol. The zero-order valence-electron chi connectivity index (χ0n) is 14.8. The van der Waals surface area contributed by atoms with Crippen LogP contribution in [0.25, 0.3) is 0 Å². The van der Waals surface area contributed by atoms with Gasteiger partial charge in [-0.15, -0.1) is 0 Å². The molecule has 0 saturated heterocycles. The molecule has 0 fully saturated rings. The molecule has 0 aliphatic heterocycles. The van der Waals surface area contributed by atoms with Crippen LogP contribution < -0.4 is 0 Å². The van der Waals surface area contributed by atoms with E-state index >= 15 is 0 Å². The number of halogens is 6. The van der Waals surface area contributed by atoms with Gasteiger partial charge in [-0.1, -0.05) is 24.3 Å². The number of rotatable bonds is 6. The molecule has 0 aliphatic carbocycles. The molecule has 0 spiro atoms. The lowest BCUT2D eigenvalue weighted by Gasteiger charge is -2.21. The van der Waals surface area contributed by atoms with Gasteiger partial charge in [0.1, 0.15) is 0 Å². The van der Waals surface area contributed by atoms with Gasteiger partial charge in [-0.05, 0) is 0 Å². The van der Waals surface area contributed by atoms with Gasteiger partial charge in [0.25, 0.3) is 0 Å². The monoisotopic (exact) mass is 430 g/mol. The first-order chi connectivity index (χ1) is 14.0. The second-order valence-electron chi connectivity index (χ2n) is 6.21. The maximum absolute atomic E-state index is 13.4. The molecule has 2 aromatic heterocycles. The maximum Gasteiger partial charge on any atom is 0.416 e. The van der Waals surface area contributed by atoms with Crippen LogP contribution in [0, 0.1) is 0 Å². The summed E-state index contributed by atoms with van der Waals surface area (Å²) >= 11 is 0. The van der Waals surface area contributed by atoms with Gasteiger partial charge in [-0.2, -0.15) is 26.3 Å². The molecule has 0 N–H and O–H groups in total. The molecule has 1 aromatic carbocycles. The standard InChI is InChI=1S/C18H12F6N4O2/c19-17(20,21)15(27-7-5-25-9-27)13(29)11-1-2-12(4-3-11)14(30)16(18(22,23)24)28-8-6-26-10-28/h1-10,15-16H. The normalized spacial score (nSPS) is 14.3. The second-order valence-corrected chi connectivity index (χ2v) is 6.21. The van der Waals surface area contributed by atoms with Crippen LogP contribution in [0.15, 0.2) is 61.7 Å². The number of imidazole rings is 2. The SMILES string of the molecule is O=C(c1ccc(C(=O)C(n2ccnc2)C(F)(F)F)cc1)C(n1ccnc1)C(F)(F)F. The third kappa shape index (κ3) is 4.26. The van der Waals surface area contributed by atoms with Gasteiger partial charge in [0.05, 0.1) is 12.7 Å². The van der Waals surface area contributed by atoms with Gasteiger partial charge in [0.2, 0.25) is 0 Å². The van der Waals surface area contributed by atoms with E-state index < -0.39 is 47.1 Å². The van der Waals surface area contributed by atoms with Crippen molar-refractivity contribution in [2.45, 2.75) is 24.4 Å². The third-order valence-electron chi connectivity index (χ3n) is 4.22. The van der Waals surface area contributed by atoms with E-state index in [-0.39, 0.29) is 0 Å². The largest absolute Gasteiger partial charge is 0.416 e. The zero-order chi connectivity index (χ0) is 22.1. The Bertz CT molecular complexity index is 925. The number of nitrogens with zero attached hydrogens (tertiary/aromatic N) is 4. The minimum Gasteiger partial charge on any atom is -0.318 e. The summed E-state index contributed by atoms with van der Waals surface area (Å²) in [6, 6.07) is -1.59. The quantitative estimate of drug-likeness (QED) is 0.437. The van der Waals surface area contributed by atoms with E-state index in [9.17, 15) is 35.9 Å². The Kier molecular flexibility index (Phi) is 5.51. The van der Waals surface area contributed by atoms with Crippen molar-refractivity contribution in [2.75, 3.05) is 0 Å². The van der Waals surface area contributed by atoms with Crippen LogP contribution >= 0.6 is 0 Å². The lowest BCUT2D eigenvalue weighted by Crippen LogP contribution is -2.33. The number of hydrogen-bond donors (Lipinski definition) is 0. The minimum absolute atomic E-state index is 0.422. The smallest absolute Gasteiger partial charge is 0.318 e. The number of aromatic nitrogens is 4. The number of Topliss-reactive ketones (excluding diaryl/α,β-unsaturated/α-hetero) is 2. The molecule has 0 saturated carbocycles.